The Labute approximate surface area is 135 Å². The second-order valence-corrected chi connectivity index (χ2v) is 6.64. The Balaban J connectivity index is 1.70. The molecule has 23 heavy (non-hydrogen) atoms. The van der Waals surface area contributed by atoms with E-state index in [2.05, 4.69) is 29.2 Å². The number of likely N-dealkylation sites (tertiary alicyclic amines) is 1. The van der Waals surface area contributed by atoms with Crippen molar-refractivity contribution >= 4 is 5.91 Å². The highest BCUT2D eigenvalue weighted by Gasteiger charge is 2.21. The lowest BCUT2D eigenvalue weighted by atomic mass is 9.92. The Morgan fingerprint density at radius 2 is 1.96 bits per heavy atom. The lowest BCUT2D eigenvalue weighted by Crippen LogP contribution is -2.40. The molecule has 1 fully saturated rings. The van der Waals surface area contributed by atoms with E-state index in [9.17, 15) is 14.4 Å². The second kappa shape index (κ2) is 8.10. The standard InChI is InChI=1S/C16H26N4O3/c1-12-8-13(2)10-19(9-12)7-3-6-17-15(22)11-20-16(23)5-4-14(21)18-20/h4-5,12-13H,3,6-11H2,1-2H3,(H,17,22)(H,18,21). The third-order valence-corrected chi connectivity index (χ3v) is 4.11. The number of amides is 1. The third kappa shape index (κ3) is 5.67. The molecule has 2 heterocycles. The maximum Gasteiger partial charge on any atom is 0.265 e. The number of aromatic nitrogens is 2. The number of nitrogens with one attached hydrogen (secondary N) is 2. The van der Waals surface area contributed by atoms with Crippen LogP contribution in [0.2, 0.25) is 0 Å². The van der Waals surface area contributed by atoms with Crippen LogP contribution in [0.5, 0.6) is 0 Å². The zero-order valence-electron chi connectivity index (χ0n) is 13.9. The summed E-state index contributed by atoms with van der Waals surface area (Å²) in [6.45, 7) is 8.19. The Hall–Kier alpha value is -1.89. The molecule has 2 rings (SSSR count). The molecule has 1 amide bonds. The fraction of sp³-hybridized carbons (Fsp3) is 0.688. The van der Waals surface area contributed by atoms with Gasteiger partial charge in [-0.2, -0.15) is 0 Å². The molecule has 0 spiro atoms. The molecule has 0 radical (unpaired) electrons. The Morgan fingerprint density at radius 1 is 1.26 bits per heavy atom. The van der Waals surface area contributed by atoms with Gasteiger partial charge in [-0.3, -0.25) is 19.5 Å². The number of carbonyl (C=O) groups excluding carboxylic acids is 1. The summed E-state index contributed by atoms with van der Waals surface area (Å²) in [5, 5.41) is 5.13. The van der Waals surface area contributed by atoms with Crippen LogP contribution in [0.25, 0.3) is 0 Å². The molecule has 0 saturated carbocycles. The molecule has 2 unspecified atom stereocenters. The van der Waals surface area contributed by atoms with Crippen molar-refractivity contribution in [1.29, 1.82) is 0 Å². The number of rotatable bonds is 6. The monoisotopic (exact) mass is 322 g/mol. The van der Waals surface area contributed by atoms with Crippen molar-refractivity contribution in [3.63, 3.8) is 0 Å². The SMILES string of the molecule is CC1CC(C)CN(CCCNC(=O)Cn2[nH]c(=O)ccc2=O)C1. The average molecular weight is 322 g/mol. The summed E-state index contributed by atoms with van der Waals surface area (Å²) >= 11 is 0. The number of carbonyl (C=O) groups is 1. The normalized spacial score (nSPS) is 22.0. The number of H-pyrrole nitrogens is 1. The minimum absolute atomic E-state index is 0.160. The second-order valence-electron chi connectivity index (χ2n) is 6.64. The first kappa shape index (κ1) is 17.5. The summed E-state index contributed by atoms with van der Waals surface area (Å²) in [5.41, 5.74) is -0.790. The van der Waals surface area contributed by atoms with Gasteiger partial charge in [0.1, 0.15) is 6.54 Å². The van der Waals surface area contributed by atoms with Gasteiger partial charge in [-0.05, 0) is 31.2 Å². The van der Waals surface area contributed by atoms with E-state index < -0.39 is 11.1 Å². The molecule has 2 N–H and O–H groups in total. The van der Waals surface area contributed by atoms with Gasteiger partial charge in [0.05, 0.1) is 0 Å². The van der Waals surface area contributed by atoms with E-state index >= 15 is 0 Å². The van der Waals surface area contributed by atoms with Crippen molar-refractivity contribution in [1.82, 2.24) is 20.0 Å². The molecule has 0 bridgehead atoms. The molecule has 7 heteroatoms. The van der Waals surface area contributed by atoms with E-state index in [0.717, 1.165) is 54.7 Å². The van der Waals surface area contributed by atoms with Crippen LogP contribution in [0, 0.1) is 11.8 Å². The Bertz CT molecular complexity index is 627. The smallest absolute Gasteiger partial charge is 0.265 e. The van der Waals surface area contributed by atoms with Crippen LogP contribution >= 0.6 is 0 Å². The van der Waals surface area contributed by atoms with Crippen LogP contribution in [0.15, 0.2) is 21.7 Å². The molecule has 1 aromatic heterocycles. The predicted octanol–water partition coefficient (Wildman–Crippen LogP) is 0.0208. The van der Waals surface area contributed by atoms with Crippen molar-refractivity contribution in [3.05, 3.63) is 32.8 Å². The predicted molar refractivity (Wildman–Crippen MR) is 88.3 cm³/mol. The summed E-state index contributed by atoms with van der Waals surface area (Å²) in [5.74, 6) is 1.19. The van der Waals surface area contributed by atoms with Gasteiger partial charge in [0, 0.05) is 31.8 Å². The minimum atomic E-state index is -0.397. The van der Waals surface area contributed by atoms with Crippen LogP contribution in [0.3, 0.4) is 0 Å². The number of hydrogen-bond donors (Lipinski definition) is 2. The quantitative estimate of drug-likeness (QED) is 0.723. The molecule has 1 saturated heterocycles. The summed E-state index contributed by atoms with van der Waals surface area (Å²) in [6, 6.07) is 2.31. The summed E-state index contributed by atoms with van der Waals surface area (Å²) < 4.78 is 1.02. The lowest BCUT2D eigenvalue weighted by molar-refractivity contribution is -0.121. The van der Waals surface area contributed by atoms with E-state index in [4.69, 9.17) is 0 Å². The van der Waals surface area contributed by atoms with E-state index in [1.54, 1.807) is 0 Å². The molecule has 1 aliphatic rings. The number of aromatic amines is 1. The van der Waals surface area contributed by atoms with Crippen molar-refractivity contribution in [3.8, 4) is 0 Å². The van der Waals surface area contributed by atoms with Gasteiger partial charge in [0.15, 0.2) is 0 Å². The molecule has 0 aliphatic carbocycles. The first-order valence-corrected chi connectivity index (χ1v) is 8.23. The highest BCUT2D eigenvalue weighted by molar-refractivity contribution is 5.75. The zero-order chi connectivity index (χ0) is 16.8. The summed E-state index contributed by atoms with van der Waals surface area (Å²) in [6.07, 6.45) is 2.17. The largest absolute Gasteiger partial charge is 0.354 e. The van der Waals surface area contributed by atoms with Crippen LogP contribution in [0.1, 0.15) is 26.7 Å². The van der Waals surface area contributed by atoms with Crippen LogP contribution in [-0.2, 0) is 11.3 Å². The molecule has 7 nitrogen and oxygen atoms in total. The first-order chi connectivity index (χ1) is 10.9. The molecule has 0 aromatic carbocycles. The summed E-state index contributed by atoms with van der Waals surface area (Å²) in [4.78, 5) is 36.9. The van der Waals surface area contributed by atoms with Crippen molar-refractivity contribution in [2.24, 2.45) is 11.8 Å². The van der Waals surface area contributed by atoms with E-state index in [1.165, 1.54) is 6.42 Å². The highest BCUT2D eigenvalue weighted by Crippen LogP contribution is 2.20. The van der Waals surface area contributed by atoms with E-state index in [-0.39, 0.29) is 12.5 Å². The van der Waals surface area contributed by atoms with Crippen LogP contribution in [-0.4, -0.2) is 46.8 Å². The molecular formula is C16H26N4O3. The zero-order valence-corrected chi connectivity index (χ0v) is 13.9. The summed E-state index contributed by atoms with van der Waals surface area (Å²) in [7, 11) is 0. The molecule has 2 atom stereocenters. The van der Waals surface area contributed by atoms with Crippen LogP contribution < -0.4 is 16.4 Å². The van der Waals surface area contributed by atoms with Gasteiger partial charge < -0.3 is 10.2 Å². The fourth-order valence-electron chi connectivity index (χ4n) is 3.28. The van der Waals surface area contributed by atoms with Gasteiger partial charge in [0.2, 0.25) is 5.91 Å². The third-order valence-electron chi connectivity index (χ3n) is 4.11. The van der Waals surface area contributed by atoms with Gasteiger partial charge in [-0.25, -0.2) is 4.68 Å². The van der Waals surface area contributed by atoms with Crippen molar-refractivity contribution < 1.29 is 4.79 Å². The molecule has 128 valence electrons. The first-order valence-electron chi connectivity index (χ1n) is 8.23. The maximum absolute atomic E-state index is 11.8. The van der Waals surface area contributed by atoms with Crippen molar-refractivity contribution in [2.75, 3.05) is 26.2 Å². The molecule has 1 aromatic rings. The topological polar surface area (TPSA) is 87.2 Å². The van der Waals surface area contributed by atoms with E-state index in [0.29, 0.717) is 6.54 Å². The average Bonchev–Trinajstić information content (AvgIpc) is 2.46. The minimum Gasteiger partial charge on any atom is -0.354 e. The number of piperidine rings is 1. The van der Waals surface area contributed by atoms with Crippen molar-refractivity contribution in [2.45, 2.75) is 33.2 Å². The van der Waals surface area contributed by atoms with Gasteiger partial charge >= 0.3 is 0 Å². The Kier molecular flexibility index (Phi) is 6.15. The highest BCUT2D eigenvalue weighted by atomic mass is 16.2. The van der Waals surface area contributed by atoms with Gasteiger partial charge in [-0.15, -0.1) is 0 Å². The number of nitrogens with zero attached hydrogens (tertiary/aromatic N) is 2. The van der Waals surface area contributed by atoms with E-state index in [1.807, 2.05) is 0 Å². The van der Waals surface area contributed by atoms with Gasteiger partial charge in [-0.1, -0.05) is 13.8 Å². The van der Waals surface area contributed by atoms with Gasteiger partial charge in [0.25, 0.3) is 11.1 Å². The molecular weight excluding hydrogens is 296 g/mol. The van der Waals surface area contributed by atoms with Crippen LogP contribution in [0.4, 0.5) is 0 Å². The lowest BCUT2D eigenvalue weighted by Gasteiger charge is -2.34. The molecule has 1 aliphatic heterocycles. The maximum atomic E-state index is 11.8. The Morgan fingerprint density at radius 3 is 2.65 bits per heavy atom. The fourth-order valence-corrected chi connectivity index (χ4v) is 3.28. The number of hydrogen-bond acceptors (Lipinski definition) is 4.